The second-order valence-electron chi connectivity index (χ2n) is 8.25. The molecule has 4 N–H and O–H groups in total. The highest BCUT2D eigenvalue weighted by molar-refractivity contribution is 6.07. The summed E-state index contributed by atoms with van der Waals surface area (Å²) >= 11 is 0. The Kier molecular flexibility index (Phi) is 8.74. The highest BCUT2D eigenvalue weighted by Crippen LogP contribution is 2.32. The fraction of sp³-hybridized carbons (Fsp3) is 0.423. The highest BCUT2D eigenvalue weighted by Gasteiger charge is 2.19. The minimum atomic E-state index is 0.455. The second kappa shape index (κ2) is 11.7. The molecule has 0 aliphatic rings. The van der Waals surface area contributed by atoms with E-state index in [0.29, 0.717) is 24.9 Å². The van der Waals surface area contributed by atoms with Crippen LogP contribution in [0.5, 0.6) is 0 Å². The molecule has 0 spiro atoms. The number of hydrogen-bond donors (Lipinski definition) is 2. The van der Waals surface area contributed by atoms with Crippen LogP contribution in [0.4, 0.5) is 5.82 Å². The number of ether oxygens (including phenoxy) is 1. The van der Waals surface area contributed by atoms with Crippen molar-refractivity contribution in [3.05, 3.63) is 48.5 Å². The third-order valence-electron chi connectivity index (χ3n) is 5.69. The zero-order valence-corrected chi connectivity index (χ0v) is 20.2. The molecule has 7 nitrogen and oxygen atoms in total. The normalized spacial score (nSPS) is 12.0. The first-order valence-electron chi connectivity index (χ1n) is 11.8. The quantitative estimate of drug-likeness (QED) is 0.385. The smallest absolute Gasteiger partial charge is 0.152 e. The molecule has 1 unspecified atom stereocenters. The van der Waals surface area contributed by atoms with E-state index in [2.05, 4.69) is 53.5 Å². The van der Waals surface area contributed by atoms with Crippen molar-refractivity contribution in [2.24, 2.45) is 11.7 Å². The summed E-state index contributed by atoms with van der Waals surface area (Å²) in [5.41, 5.74) is 16.2. The minimum absolute atomic E-state index is 0.455. The van der Waals surface area contributed by atoms with E-state index in [0.717, 1.165) is 64.8 Å². The van der Waals surface area contributed by atoms with Crippen LogP contribution in [0, 0.1) is 5.92 Å². The van der Waals surface area contributed by atoms with Gasteiger partial charge in [0.2, 0.25) is 0 Å². The van der Waals surface area contributed by atoms with E-state index in [4.69, 9.17) is 21.2 Å². The number of imidazole rings is 1. The number of anilines is 1. The van der Waals surface area contributed by atoms with Gasteiger partial charge in [0.1, 0.15) is 17.9 Å². The number of rotatable bonds is 8. The molecule has 3 heterocycles. The lowest BCUT2D eigenvalue weighted by molar-refractivity contribution is 0.125. The fourth-order valence-electron chi connectivity index (χ4n) is 3.61. The van der Waals surface area contributed by atoms with E-state index < -0.39 is 0 Å². The monoisotopic (exact) mass is 448 g/mol. The molecule has 3 aromatic heterocycles. The maximum absolute atomic E-state index is 6.35. The Balaban J connectivity index is 0.000000709. The predicted octanol–water partition coefficient (Wildman–Crippen LogP) is 5.17. The van der Waals surface area contributed by atoms with Gasteiger partial charge in [-0.1, -0.05) is 45.4 Å². The van der Waals surface area contributed by atoms with Crippen molar-refractivity contribution >= 4 is 27.8 Å². The number of nitrogens with two attached hydrogens (primary N) is 2. The number of nitrogen functional groups attached to an aromatic ring is 1. The number of pyridine rings is 2. The highest BCUT2D eigenvalue weighted by atomic mass is 16.5. The van der Waals surface area contributed by atoms with Crippen LogP contribution in [0.15, 0.2) is 42.7 Å². The molecular formula is C26H36N6O. The van der Waals surface area contributed by atoms with E-state index >= 15 is 0 Å². The lowest BCUT2D eigenvalue weighted by Crippen LogP contribution is -2.11. The van der Waals surface area contributed by atoms with Crippen LogP contribution in [0.2, 0.25) is 0 Å². The molecule has 4 aromatic rings. The molecule has 33 heavy (non-hydrogen) atoms. The third kappa shape index (κ3) is 5.67. The first-order chi connectivity index (χ1) is 16.0. The molecule has 0 radical (unpaired) electrons. The topological polar surface area (TPSA) is 105 Å². The predicted molar refractivity (Wildman–Crippen MR) is 137 cm³/mol. The largest absolute Gasteiger partial charge is 0.382 e. The zero-order chi connectivity index (χ0) is 23.8. The average Bonchev–Trinajstić information content (AvgIpc) is 3.21. The Bertz CT molecular complexity index is 1170. The molecule has 1 atom stereocenters. The van der Waals surface area contributed by atoms with Crippen LogP contribution in [-0.2, 0) is 17.9 Å². The lowest BCUT2D eigenvalue weighted by atomic mass is 10.0. The molecule has 0 fully saturated rings. The van der Waals surface area contributed by atoms with Gasteiger partial charge in [0.15, 0.2) is 5.82 Å². The van der Waals surface area contributed by atoms with Crippen molar-refractivity contribution in [2.45, 2.75) is 53.7 Å². The third-order valence-corrected chi connectivity index (χ3v) is 5.69. The van der Waals surface area contributed by atoms with Gasteiger partial charge in [-0.3, -0.25) is 4.98 Å². The van der Waals surface area contributed by atoms with Crippen LogP contribution in [0.1, 0.15) is 46.4 Å². The summed E-state index contributed by atoms with van der Waals surface area (Å²) in [6.07, 6.45) is 5.82. The van der Waals surface area contributed by atoms with Crippen molar-refractivity contribution in [1.29, 1.82) is 0 Å². The van der Waals surface area contributed by atoms with Crippen LogP contribution in [0.25, 0.3) is 33.1 Å². The van der Waals surface area contributed by atoms with Gasteiger partial charge in [-0.2, -0.15) is 0 Å². The molecule has 4 rings (SSSR count). The molecule has 0 aliphatic carbocycles. The fourth-order valence-corrected chi connectivity index (χ4v) is 3.61. The van der Waals surface area contributed by atoms with Gasteiger partial charge in [-0.25, -0.2) is 9.97 Å². The summed E-state index contributed by atoms with van der Waals surface area (Å²) in [5, 5.41) is 1.06. The number of benzene rings is 1. The first kappa shape index (κ1) is 24.6. The van der Waals surface area contributed by atoms with Gasteiger partial charge in [0.25, 0.3) is 0 Å². The molecule has 0 aliphatic heterocycles. The molecule has 0 bridgehead atoms. The summed E-state index contributed by atoms with van der Waals surface area (Å²) in [5.74, 6) is 1.88. The summed E-state index contributed by atoms with van der Waals surface area (Å²) in [7, 11) is 0. The summed E-state index contributed by atoms with van der Waals surface area (Å²) < 4.78 is 7.95. The SMILES string of the molecule is CCCN.CCOCc1nc2c(N)nc3cc(-c4cccnc4)ccc3c2n1CC(C)CC. The Morgan fingerprint density at radius 3 is 2.52 bits per heavy atom. The Hall–Kier alpha value is -3.03. The number of fused-ring (bicyclic) bond motifs is 3. The van der Waals surface area contributed by atoms with Crippen molar-refractivity contribution < 1.29 is 4.74 Å². The maximum atomic E-state index is 6.35. The van der Waals surface area contributed by atoms with Crippen molar-refractivity contribution in [3.8, 4) is 11.1 Å². The van der Waals surface area contributed by atoms with Gasteiger partial charge < -0.3 is 20.8 Å². The van der Waals surface area contributed by atoms with Gasteiger partial charge >= 0.3 is 0 Å². The number of aromatic nitrogens is 4. The van der Waals surface area contributed by atoms with E-state index in [1.807, 2.05) is 25.3 Å². The van der Waals surface area contributed by atoms with Gasteiger partial charge in [0.05, 0.1) is 11.0 Å². The van der Waals surface area contributed by atoms with Gasteiger partial charge in [0, 0.05) is 36.5 Å². The number of nitrogens with zero attached hydrogens (tertiary/aromatic N) is 4. The van der Waals surface area contributed by atoms with Gasteiger partial charge in [-0.15, -0.1) is 0 Å². The van der Waals surface area contributed by atoms with E-state index in [-0.39, 0.29) is 0 Å². The first-order valence-corrected chi connectivity index (χ1v) is 11.8. The Morgan fingerprint density at radius 1 is 1.09 bits per heavy atom. The van der Waals surface area contributed by atoms with Crippen LogP contribution >= 0.6 is 0 Å². The van der Waals surface area contributed by atoms with Crippen molar-refractivity contribution in [3.63, 3.8) is 0 Å². The van der Waals surface area contributed by atoms with Crippen LogP contribution in [0.3, 0.4) is 0 Å². The molecule has 176 valence electrons. The van der Waals surface area contributed by atoms with Crippen LogP contribution < -0.4 is 11.5 Å². The molecule has 7 heteroatoms. The summed E-state index contributed by atoms with van der Waals surface area (Å²) in [4.78, 5) is 13.7. The number of hydrogen-bond acceptors (Lipinski definition) is 6. The summed E-state index contributed by atoms with van der Waals surface area (Å²) in [6, 6.07) is 10.3. The molecular weight excluding hydrogens is 412 g/mol. The van der Waals surface area contributed by atoms with Gasteiger partial charge in [-0.05, 0) is 43.5 Å². The average molecular weight is 449 g/mol. The lowest BCUT2D eigenvalue weighted by Gasteiger charge is -2.15. The van der Waals surface area contributed by atoms with Crippen LogP contribution in [-0.4, -0.2) is 32.7 Å². The Labute approximate surface area is 196 Å². The molecule has 1 aromatic carbocycles. The maximum Gasteiger partial charge on any atom is 0.152 e. The van der Waals surface area contributed by atoms with Crippen molar-refractivity contribution in [2.75, 3.05) is 18.9 Å². The Morgan fingerprint density at radius 2 is 1.88 bits per heavy atom. The molecule has 0 saturated carbocycles. The zero-order valence-electron chi connectivity index (χ0n) is 20.2. The van der Waals surface area contributed by atoms with Crippen molar-refractivity contribution in [1.82, 2.24) is 19.5 Å². The van der Waals surface area contributed by atoms with E-state index in [9.17, 15) is 0 Å². The molecule has 0 amide bonds. The summed E-state index contributed by atoms with van der Waals surface area (Å²) in [6.45, 7) is 11.3. The molecule has 0 saturated heterocycles. The second-order valence-corrected chi connectivity index (χ2v) is 8.25. The van der Waals surface area contributed by atoms with E-state index in [1.54, 1.807) is 6.20 Å². The standard InChI is InChI=1S/C23H27N5O.C3H9N/c1-4-15(3)13-28-20(14-29-5-2)27-21-22(28)18-9-8-16(11-19(18)26-23(21)24)17-7-6-10-25-12-17;1-2-3-4/h6-12,15H,4-5,13-14H2,1-3H3,(H2,24,26);2-4H2,1H3. The minimum Gasteiger partial charge on any atom is -0.382 e. The van der Waals surface area contributed by atoms with E-state index in [1.165, 1.54) is 0 Å².